The van der Waals surface area contributed by atoms with E-state index < -0.39 is 0 Å². The first-order chi connectivity index (χ1) is 20.2. The number of aryl methyl sites for hydroxylation is 2. The van der Waals surface area contributed by atoms with Gasteiger partial charge in [0, 0.05) is 67.9 Å². The van der Waals surface area contributed by atoms with Crippen molar-refractivity contribution in [3.05, 3.63) is 86.3 Å². The number of hydrogen-bond donors (Lipinski definition) is 2. The first kappa shape index (κ1) is 30.1. The monoisotopic (exact) mass is 570 g/mol. The van der Waals surface area contributed by atoms with Crippen LogP contribution in [0.2, 0.25) is 0 Å². The van der Waals surface area contributed by atoms with Gasteiger partial charge in [0.15, 0.2) is 0 Å². The molecule has 1 saturated heterocycles. The van der Waals surface area contributed by atoms with Crippen LogP contribution in [0, 0.1) is 26.7 Å². The van der Waals surface area contributed by atoms with Crippen LogP contribution >= 0.6 is 0 Å². The summed E-state index contributed by atoms with van der Waals surface area (Å²) in [6.45, 7) is 12.6. The lowest BCUT2D eigenvalue weighted by molar-refractivity contribution is 0.0846. The average molecular weight is 571 g/mol. The highest BCUT2D eigenvalue weighted by Crippen LogP contribution is 2.34. The van der Waals surface area contributed by atoms with E-state index in [1.807, 2.05) is 32.9 Å². The van der Waals surface area contributed by atoms with E-state index >= 15 is 0 Å². The molecule has 0 radical (unpaired) electrons. The van der Waals surface area contributed by atoms with Gasteiger partial charge in [0.1, 0.15) is 0 Å². The third-order valence-electron chi connectivity index (χ3n) is 8.83. The minimum Gasteiger partial charge on any atom is -0.381 e. The Hall–Kier alpha value is -3.42. The molecule has 0 atom stereocenters. The van der Waals surface area contributed by atoms with Crippen LogP contribution in [0.4, 0.5) is 5.69 Å². The van der Waals surface area contributed by atoms with Crippen LogP contribution < -0.4 is 15.8 Å². The number of carbonyl (C=O) groups excluding carboxylic acids is 1. The number of nitrogens with zero attached hydrogens (tertiary/aromatic N) is 2. The van der Waals surface area contributed by atoms with E-state index in [-0.39, 0.29) is 18.0 Å². The molecule has 7 heteroatoms. The van der Waals surface area contributed by atoms with Crippen LogP contribution in [-0.4, -0.2) is 55.2 Å². The normalized spacial score (nSPS) is 15.7. The van der Waals surface area contributed by atoms with Crippen molar-refractivity contribution in [3.8, 4) is 11.1 Å². The molecule has 42 heavy (non-hydrogen) atoms. The predicted octanol–water partition coefficient (Wildman–Crippen LogP) is 5.74. The Morgan fingerprint density at radius 1 is 1.00 bits per heavy atom. The lowest BCUT2D eigenvalue weighted by Crippen LogP contribution is -2.40. The quantitative estimate of drug-likeness (QED) is 0.307. The Morgan fingerprint density at radius 2 is 1.71 bits per heavy atom. The molecule has 0 bridgehead atoms. The molecule has 1 amide bonds. The molecule has 1 saturated carbocycles. The Morgan fingerprint density at radius 3 is 2.36 bits per heavy atom. The second-order valence-electron chi connectivity index (χ2n) is 12.3. The van der Waals surface area contributed by atoms with Crippen LogP contribution in [0.25, 0.3) is 11.1 Å². The smallest absolute Gasteiger partial charge is 0.253 e. The van der Waals surface area contributed by atoms with Crippen LogP contribution in [0.15, 0.2) is 47.3 Å². The first-order valence-corrected chi connectivity index (χ1v) is 15.5. The number of benzene rings is 2. The highest BCUT2D eigenvalue weighted by atomic mass is 16.5. The molecule has 2 fully saturated rings. The van der Waals surface area contributed by atoms with Gasteiger partial charge in [0.05, 0.1) is 0 Å². The molecule has 2 heterocycles. The van der Waals surface area contributed by atoms with Gasteiger partial charge >= 0.3 is 0 Å². The molecule has 224 valence electrons. The SMILES string of the molecule is CCN(c1cc(-c2ccc(CN(C)CC3CC3)cc2)cc(C(=O)NCc2c(C)cc(C)[nH]c2=O)c1C)C1CCOCC1. The van der Waals surface area contributed by atoms with Gasteiger partial charge in [0.2, 0.25) is 0 Å². The number of carbonyl (C=O) groups is 1. The van der Waals surface area contributed by atoms with Crippen molar-refractivity contribution in [1.29, 1.82) is 0 Å². The summed E-state index contributed by atoms with van der Waals surface area (Å²) in [5.41, 5.74) is 8.21. The number of hydrogen-bond acceptors (Lipinski definition) is 5. The molecular weight excluding hydrogens is 524 g/mol. The van der Waals surface area contributed by atoms with E-state index in [1.165, 1.54) is 18.4 Å². The fourth-order valence-electron chi connectivity index (χ4n) is 6.31. The van der Waals surface area contributed by atoms with Crippen molar-refractivity contribution in [1.82, 2.24) is 15.2 Å². The van der Waals surface area contributed by atoms with E-state index in [0.29, 0.717) is 17.2 Å². The predicted molar refractivity (Wildman–Crippen MR) is 170 cm³/mol. The molecule has 5 rings (SSSR count). The lowest BCUT2D eigenvalue weighted by atomic mass is 9.94. The highest BCUT2D eigenvalue weighted by molar-refractivity contribution is 5.99. The van der Waals surface area contributed by atoms with Crippen molar-refractivity contribution in [2.45, 2.75) is 72.5 Å². The number of pyridine rings is 1. The molecular formula is C35H46N4O3. The summed E-state index contributed by atoms with van der Waals surface area (Å²) in [6.07, 6.45) is 4.66. The van der Waals surface area contributed by atoms with E-state index in [2.05, 4.69) is 64.4 Å². The summed E-state index contributed by atoms with van der Waals surface area (Å²) in [6, 6.07) is 15.3. The number of amides is 1. The van der Waals surface area contributed by atoms with Gasteiger partial charge < -0.3 is 24.8 Å². The van der Waals surface area contributed by atoms with Gasteiger partial charge in [-0.05, 0) is 112 Å². The van der Waals surface area contributed by atoms with E-state index in [4.69, 9.17) is 4.74 Å². The molecule has 1 aliphatic carbocycles. The highest BCUT2D eigenvalue weighted by Gasteiger charge is 2.25. The number of rotatable bonds is 11. The van der Waals surface area contributed by atoms with Gasteiger partial charge in [-0.3, -0.25) is 9.59 Å². The van der Waals surface area contributed by atoms with Gasteiger partial charge in [-0.1, -0.05) is 24.3 Å². The molecule has 2 N–H and O–H groups in total. The summed E-state index contributed by atoms with van der Waals surface area (Å²) in [7, 11) is 2.20. The first-order valence-electron chi connectivity index (χ1n) is 15.5. The van der Waals surface area contributed by atoms with Crippen molar-refractivity contribution in [3.63, 3.8) is 0 Å². The van der Waals surface area contributed by atoms with Crippen molar-refractivity contribution < 1.29 is 9.53 Å². The fraction of sp³-hybridized carbons (Fsp3) is 0.486. The number of nitrogens with one attached hydrogen (secondary N) is 2. The topological polar surface area (TPSA) is 77.7 Å². The maximum atomic E-state index is 13.8. The number of H-pyrrole nitrogens is 1. The molecule has 2 aliphatic rings. The Balaban J connectivity index is 1.45. The number of aromatic amines is 1. The lowest BCUT2D eigenvalue weighted by Gasteiger charge is -2.37. The summed E-state index contributed by atoms with van der Waals surface area (Å²) < 4.78 is 5.66. The van der Waals surface area contributed by atoms with Gasteiger partial charge in [-0.25, -0.2) is 0 Å². The second-order valence-corrected chi connectivity index (χ2v) is 12.3. The van der Waals surface area contributed by atoms with E-state index in [1.54, 1.807) is 0 Å². The third-order valence-corrected chi connectivity index (χ3v) is 8.83. The zero-order valence-electron chi connectivity index (χ0n) is 25.9. The summed E-state index contributed by atoms with van der Waals surface area (Å²) in [5.74, 6) is 0.701. The molecule has 2 aromatic carbocycles. The Kier molecular flexibility index (Phi) is 9.49. The maximum Gasteiger partial charge on any atom is 0.253 e. The molecule has 1 aromatic heterocycles. The molecule has 7 nitrogen and oxygen atoms in total. The summed E-state index contributed by atoms with van der Waals surface area (Å²) >= 11 is 0. The van der Waals surface area contributed by atoms with Gasteiger partial charge in [-0.2, -0.15) is 0 Å². The van der Waals surface area contributed by atoms with Gasteiger partial charge in [0.25, 0.3) is 11.5 Å². The molecule has 1 aliphatic heterocycles. The molecule has 3 aromatic rings. The van der Waals surface area contributed by atoms with Crippen LogP contribution in [0.1, 0.15) is 70.9 Å². The zero-order chi connectivity index (χ0) is 29.8. The summed E-state index contributed by atoms with van der Waals surface area (Å²) in [5, 5.41) is 3.05. The number of aromatic nitrogens is 1. The van der Waals surface area contributed by atoms with E-state index in [0.717, 1.165) is 85.2 Å². The number of ether oxygens (including phenoxy) is 1. The largest absolute Gasteiger partial charge is 0.381 e. The van der Waals surface area contributed by atoms with Crippen molar-refractivity contribution >= 4 is 11.6 Å². The molecule has 0 unspecified atom stereocenters. The van der Waals surface area contributed by atoms with Crippen molar-refractivity contribution in [2.24, 2.45) is 5.92 Å². The maximum absolute atomic E-state index is 13.8. The van der Waals surface area contributed by atoms with Crippen LogP contribution in [0.3, 0.4) is 0 Å². The Bertz CT molecular complexity index is 1450. The van der Waals surface area contributed by atoms with Crippen LogP contribution in [-0.2, 0) is 17.8 Å². The number of anilines is 1. The minimum atomic E-state index is -0.170. The molecule has 0 spiro atoms. The standard InChI is InChI=1S/C35H46N4O3/c1-6-39(30-13-15-42-16-14-30)33-19-29(28-11-9-27(10-12-28)22-38(5)21-26-7-8-26)18-31(25(33)4)34(40)36-20-32-23(2)17-24(3)37-35(32)41/h9-12,17-19,26,30H,6-8,13-16,20-22H2,1-5H3,(H,36,40)(H,37,41). The zero-order valence-corrected chi connectivity index (χ0v) is 25.9. The fourth-order valence-corrected chi connectivity index (χ4v) is 6.31. The average Bonchev–Trinajstić information content (AvgIpc) is 3.78. The van der Waals surface area contributed by atoms with Crippen molar-refractivity contribution in [2.75, 3.05) is 38.3 Å². The second kappa shape index (κ2) is 13.3. The van der Waals surface area contributed by atoms with Gasteiger partial charge in [-0.15, -0.1) is 0 Å². The van der Waals surface area contributed by atoms with E-state index in [9.17, 15) is 9.59 Å². The third kappa shape index (κ3) is 7.13. The minimum absolute atomic E-state index is 0.154. The van der Waals surface area contributed by atoms with Crippen LogP contribution in [0.5, 0.6) is 0 Å². The summed E-state index contributed by atoms with van der Waals surface area (Å²) in [4.78, 5) is 34.1. The Labute approximate surface area is 250 Å².